The van der Waals surface area contributed by atoms with E-state index in [4.69, 9.17) is 20.2 Å². The van der Waals surface area contributed by atoms with E-state index in [0.717, 1.165) is 5.56 Å². The summed E-state index contributed by atoms with van der Waals surface area (Å²) in [4.78, 5) is 28.6. The first-order valence-corrected chi connectivity index (χ1v) is 15.5. The van der Waals surface area contributed by atoms with Crippen molar-refractivity contribution in [3.63, 3.8) is 0 Å². The van der Waals surface area contributed by atoms with Crippen LogP contribution in [0, 0.1) is 0 Å². The predicted octanol–water partition coefficient (Wildman–Crippen LogP) is 4.05. The van der Waals surface area contributed by atoms with Crippen LogP contribution in [0.1, 0.15) is 48.2 Å². The number of nitrogens with one attached hydrogen (secondary N) is 1. The normalized spacial score (nSPS) is 15.8. The Morgan fingerprint density at radius 2 is 1.81 bits per heavy atom. The summed E-state index contributed by atoms with van der Waals surface area (Å²) in [6, 6.07) is 19.3. The summed E-state index contributed by atoms with van der Waals surface area (Å²) < 4.78 is 40.2. The van der Waals surface area contributed by atoms with Gasteiger partial charge in [0.05, 0.1) is 29.6 Å². The molecule has 0 radical (unpaired) electrons. The lowest BCUT2D eigenvalue weighted by Crippen LogP contribution is -2.44. The number of piperidine rings is 1. The molecule has 1 aromatic carbocycles. The molecular formula is C31H32N6O5S. The van der Waals surface area contributed by atoms with Crippen molar-refractivity contribution in [1.29, 1.82) is 0 Å². The van der Waals surface area contributed by atoms with Crippen LogP contribution < -0.4 is 20.1 Å². The standard InChI is InChI=1S/C31H32N6O5S/c1-20(2)42-27-13-10-21(18-33-27)25-12-11-23(30(38)36-43(39,40)28-9-5-8-26(32)35-28)29(34-25)37-16-14-31(15-17-37)24-7-4-3-6-22(24)19-41-31/h3-13,18,20H,14-17,19H2,1-2H3,(H2,32,35)(H,36,38). The average Bonchev–Trinajstić information content (AvgIpc) is 3.35. The highest BCUT2D eigenvalue weighted by atomic mass is 32.2. The summed E-state index contributed by atoms with van der Waals surface area (Å²) in [6.45, 7) is 5.52. The van der Waals surface area contributed by atoms with Gasteiger partial charge in [0.25, 0.3) is 15.9 Å². The molecule has 1 saturated heterocycles. The van der Waals surface area contributed by atoms with Crippen molar-refractivity contribution in [3.05, 3.63) is 89.6 Å². The first-order valence-electron chi connectivity index (χ1n) is 14.0. The van der Waals surface area contributed by atoms with Crippen molar-refractivity contribution in [2.75, 3.05) is 23.7 Å². The molecule has 1 fully saturated rings. The van der Waals surface area contributed by atoms with Gasteiger partial charge in [-0.15, -0.1) is 0 Å². The largest absolute Gasteiger partial charge is 0.475 e. The highest BCUT2D eigenvalue weighted by Crippen LogP contribution is 2.45. The highest BCUT2D eigenvalue weighted by molar-refractivity contribution is 7.90. The number of rotatable bonds is 7. The molecule has 12 heteroatoms. The van der Waals surface area contributed by atoms with Crippen molar-refractivity contribution >= 4 is 27.6 Å². The Morgan fingerprint density at radius 3 is 2.53 bits per heavy atom. The van der Waals surface area contributed by atoms with Crippen molar-refractivity contribution in [2.24, 2.45) is 0 Å². The summed E-state index contributed by atoms with van der Waals surface area (Å²) in [5.41, 5.74) is 9.09. The quantitative estimate of drug-likeness (QED) is 0.318. The molecule has 3 aromatic heterocycles. The number of carbonyl (C=O) groups excluding carboxylic acids is 1. The molecule has 1 spiro atoms. The fraction of sp³-hybridized carbons (Fsp3) is 0.290. The lowest BCUT2D eigenvalue weighted by molar-refractivity contribution is -0.0551. The zero-order valence-electron chi connectivity index (χ0n) is 23.9. The van der Waals surface area contributed by atoms with Gasteiger partial charge in [-0.2, -0.15) is 8.42 Å². The molecule has 5 heterocycles. The summed E-state index contributed by atoms with van der Waals surface area (Å²) in [5.74, 6) is 0.0705. The molecule has 6 rings (SSSR count). The number of nitrogen functional groups attached to an aromatic ring is 1. The number of anilines is 2. The number of nitrogens with zero attached hydrogens (tertiary/aromatic N) is 4. The fourth-order valence-corrected chi connectivity index (χ4v) is 6.50. The minimum atomic E-state index is -4.29. The van der Waals surface area contributed by atoms with E-state index >= 15 is 0 Å². The van der Waals surface area contributed by atoms with Crippen LogP contribution in [0.5, 0.6) is 5.88 Å². The Hall–Kier alpha value is -4.55. The number of hydrogen-bond donors (Lipinski definition) is 2. The average molecular weight is 601 g/mol. The zero-order chi connectivity index (χ0) is 30.2. The van der Waals surface area contributed by atoms with Gasteiger partial charge in [-0.3, -0.25) is 4.79 Å². The number of sulfonamides is 1. The van der Waals surface area contributed by atoms with Gasteiger partial charge >= 0.3 is 0 Å². The molecule has 11 nitrogen and oxygen atoms in total. The van der Waals surface area contributed by atoms with E-state index in [0.29, 0.717) is 49.9 Å². The molecule has 2 aliphatic heterocycles. The zero-order valence-corrected chi connectivity index (χ0v) is 24.7. The number of benzene rings is 1. The van der Waals surface area contributed by atoms with Crippen LogP contribution in [0.15, 0.2) is 78.0 Å². The second-order valence-corrected chi connectivity index (χ2v) is 12.5. The van der Waals surface area contributed by atoms with Crippen LogP contribution in [-0.4, -0.2) is 48.5 Å². The third kappa shape index (κ3) is 5.75. The Bertz CT molecular complexity index is 1770. The monoisotopic (exact) mass is 600 g/mol. The van der Waals surface area contributed by atoms with Crippen LogP contribution in [0.25, 0.3) is 11.3 Å². The maximum Gasteiger partial charge on any atom is 0.281 e. The molecule has 2 aliphatic rings. The van der Waals surface area contributed by atoms with Gasteiger partial charge in [-0.25, -0.2) is 19.7 Å². The Labute approximate surface area is 250 Å². The Balaban J connectivity index is 1.32. The van der Waals surface area contributed by atoms with Crippen LogP contribution in [0.2, 0.25) is 0 Å². The van der Waals surface area contributed by atoms with Crippen LogP contribution in [0.4, 0.5) is 11.6 Å². The maximum atomic E-state index is 13.5. The molecular weight excluding hydrogens is 568 g/mol. The molecule has 0 unspecified atom stereocenters. The van der Waals surface area contributed by atoms with Gasteiger partial charge in [0.1, 0.15) is 11.6 Å². The van der Waals surface area contributed by atoms with Gasteiger partial charge in [-0.1, -0.05) is 30.3 Å². The van der Waals surface area contributed by atoms with Gasteiger partial charge in [-0.05, 0) is 68.1 Å². The highest BCUT2D eigenvalue weighted by Gasteiger charge is 2.43. The summed E-state index contributed by atoms with van der Waals surface area (Å²) in [7, 11) is -4.29. The van der Waals surface area contributed by atoms with Crippen molar-refractivity contribution in [3.8, 4) is 17.1 Å². The fourth-order valence-electron chi connectivity index (χ4n) is 5.56. The third-order valence-corrected chi connectivity index (χ3v) is 8.87. The van der Waals surface area contributed by atoms with Crippen LogP contribution in [0.3, 0.4) is 0 Å². The van der Waals surface area contributed by atoms with Crippen molar-refractivity contribution in [2.45, 2.75) is 50.0 Å². The van der Waals surface area contributed by atoms with Gasteiger partial charge in [0.15, 0.2) is 5.03 Å². The summed E-state index contributed by atoms with van der Waals surface area (Å²) in [6.07, 6.45) is 3.02. The van der Waals surface area contributed by atoms with E-state index in [-0.39, 0.29) is 22.5 Å². The van der Waals surface area contributed by atoms with E-state index < -0.39 is 21.5 Å². The minimum absolute atomic E-state index is 0.0158. The molecule has 0 aliphatic carbocycles. The first-order chi connectivity index (χ1) is 20.6. The topological polar surface area (TPSA) is 150 Å². The lowest BCUT2D eigenvalue weighted by Gasteiger charge is -2.40. The van der Waals surface area contributed by atoms with Gasteiger partial charge in [0, 0.05) is 30.9 Å². The number of ether oxygens (including phenoxy) is 2. The molecule has 1 amide bonds. The number of carbonyl (C=O) groups is 1. The van der Waals surface area contributed by atoms with E-state index in [1.807, 2.05) is 36.9 Å². The maximum absolute atomic E-state index is 13.5. The number of amides is 1. The van der Waals surface area contributed by atoms with Gasteiger partial charge in [0.2, 0.25) is 5.88 Å². The van der Waals surface area contributed by atoms with E-state index in [1.54, 1.807) is 24.4 Å². The molecule has 0 saturated carbocycles. The predicted molar refractivity (Wildman–Crippen MR) is 161 cm³/mol. The molecule has 222 valence electrons. The molecule has 3 N–H and O–H groups in total. The minimum Gasteiger partial charge on any atom is -0.475 e. The second-order valence-electron chi connectivity index (χ2n) is 10.9. The first kappa shape index (κ1) is 28.6. The third-order valence-electron chi connectivity index (χ3n) is 7.64. The van der Waals surface area contributed by atoms with Gasteiger partial charge < -0.3 is 20.1 Å². The number of aromatic nitrogens is 3. The van der Waals surface area contributed by atoms with E-state index in [1.165, 1.54) is 29.3 Å². The number of nitrogens with two attached hydrogens (primary N) is 1. The number of fused-ring (bicyclic) bond motifs is 2. The second kappa shape index (κ2) is 11.3. The van der Waals surface area contributed by atoms with Crippen LogP contribution in [-0.2, 0) is 27.0 Å². The SMILES string of the molecule is CC(C)Oc1ccc(-c2ccc(C(=O)NS(=O)(=O)c3cccc(N)n3)c(N3CCC4(CC3)OCc3ccccc34)n2)cn1. The van der Waals surface area contributed by atoms with Crippen LogP contribution >= 0.6 is 0 Å². The lowest BCUT2D eigenvalue weighted by atomic mass is 9.83. The number of pyridine rings is 3. The summed E-state index contributed by atoms with van der Waals surface area (Å²) in [5, 5.41) is -0.348. The van der Waals surface area contributed by atoms with Crippen molar-refractivity contribution in [1.82, 2.24) is 19.7 Å². The molecule has 0 bridgehead atoms. The molecule has 0 atom stereocenters. The summed E-state index contributed by atoms with van der Waals surface area (Å²) >= 11 is 0. The molecule has 43 heavy (non-hydrogen) atoms. The molecule has 4 aromatic rings. The number of hydrogen-bond acceptors (Lipinski definition) is 10. The Kier molecular flexibility index (Phi) is 7.49. The van der Waals surface area contributed by atoms with E-state index in [2.05, 4.69) is 26.8 Å². The smallest absolute Gasteiger partial charge is 0.281 e. The van der Waals surface area contributed by atoms with Crippen molar-refractivity contribution < 1.29 is 22.7 Å². The Morgan fingerprint density at radius 1 is 1.02 bits per heavy atom. The van der Waals surface area contributed by atoms with E-state index in [9.17, 15) is 13.2 Å².